The lowest BCUT2D eigenvalue weighted by Crippen LogP contribution is -2.35. The quantitative estimate of drug-likeness (QED) is 0.599. The zero-order valence-electron chi connectivity index (χ0n) is 16.4. The van der Waals surface area contributed by atoms with E-state index in [0.29, 0.717) is 15.6 Å². The molecule has 3 heterocycles. The number of aromatic nitrogens is 1. The van der Waals surface area contributed by atoms with Gasteiger partial charge in [0.15, 0.2) is 0 Å². The normalized spacial score (nSPS) is 14.2. The molecule has 0 spiro atoms. The number of anilines is 1. The summed E-state index contributed by atoms with van der Waals surface area (Å²) in [6.07, 6.45) is 3.18. The fourth-order valence-corrected chi connectivity index (χ4v) is 5.06. The van der Waals surface area contributed by atoms with Gasteiger partial charge in [-0.2, -0.15) is 0 Å². The number of fused-ring (bicyclic) bond motifs is 1. The number of piperidine rings is 1. The number of nitrogens with zero attached hydrogens (tertiary/aromatic N) is 2. The number of carbonyl (C=O) groups is 2. The van der Waals surface area contributed by atoms with Gasteiger partial charge >= 0.3 is 0 Å². The van der Waals surface area contributed by atoms with Crippen LogP contribution in [0.1, 0.15) is 41.6 Å². The third kappa shape index (κ3) is 4.00. The van der Waals surface area contributed by atoms with Crippen LogP contribution in [0.3, 0.4) is 0 Å². The lowest BCUT2D eigenvalue weighted by molar-refractivity contribution is -0.114. The van der Waals surface area contributed by atoms with Crippen molar-refractivity contribution in [3.63, 3.8) is 0 Å². The summed E-state index contributed by atoms with van der Waals surface area (Å²) in [6.45, 7) is 4.90. The molecule has 1 fully saturated rings. The van der Waals surface area contributed by atoms with E-state index in [9.17, 15) is 9.59 Å². The largest absolute Gasteiger partial charge is 0.338 e. The van der Waals surface area contributed by atoms with Gasteiger partial charge in [-0.15, -0.1) is 11.3 Å². The average molecular weight is 428 g/mol. The number of rotatable bonds is 3. The molecule has 2 aromatic heterocycles. The highest BCUT2D eigenvalue weighted by molar-refractivity contribution is 7.21. The van der Waals surface area contributed by atoms with Gasteiger partial charge in [-0.3, -0.25) is 9.59 Å². The summed E-state index contributed by atoms with van der Waals surface area (Å²) >= 11 is 7.41. The number of benzene rings is 1. The Morgan fingerprint density at radius 2 is 1.83 bits per heavy atom. The number of likely N-dealkylation sites (tertiary alicyclic amines) is 1. The van der Waals surface area contributed by atoms with E-state index in [4.69, 9.17) is 11.6 Å². The van der Waals surface area contributed by atoms with Crippen molar-refractivity contribution in [2.75, 3.05) is 18.4 Å². The Morgan fingerprint density at radius 1 is 1.14 bits per heavy atom. The maximum atomic E-state index is 13.3. The number of aryl methyl sites for hydroxylation is 1. The number of hydrogen-bond acceptors (Lipinski definition) is 4. The number of hydrogen-bond donors (Lipinski definition) is 1. The minimum absolute atomic E-state index is 0.0313. The first kappa shape index (κ1) is 19.9. The summed E-state index contributed by atoms with van der Waals surface area (Å²) < 4.78 is 0. The first-order valence-corrected chi connectivity index (χ1v) is 10.9. The summed E-state index contributed by atoms with van der Waals surface area (Å²) in [5, 5.41) is 4.38. The fraction of sp³-hybridized carbons (Fsp3) is 0.318. The summed E-state index contributed by atoms with van der Waals surface area (Å²) in [6, 6.07) is 9.54. The first-order valence-electron chi connectivity index (χ1n) is 9.71. The highest BCUT2D eigenvalue weighted by atomic mass is 35.5. The van der Waals surface area contributed by atoms with Gasteiger partial charge in [0.25, 0.3) is 5.91 Å². The molecule has 1 N–H and O–H groups in total. The second-order valence-electron chi connectivity index (χ2n) is 7.34. The molecule has 0 atom stereocenters. The van der Waals surface area contributed by atoms with E-state index in [0.717, 1.165) is 59.4 Å². The highest BCUT2D eigenvalue weighted by Crippen LogP contribution is 2.42. The number of halogens is 1. The number of amides is 2. The van der Waals surface area contributed by atoms with Crippen LogP contribution in [0.5, 0.6) is 0 Å². The van der Waals surface area contributed by atoms with Crippen molar-refractivity contribution in [3.05, 3.63) is 45.9 Å². The molecule has 0 unspecified atom stereocenters. The van der Waals surface area contributed by atoms with E-state index in [1.54, 1.807) is 0 Å². The SMILES string of the molecule is CC(=O)Nc1c(C(=O)N2CCCCC2)sc2nc(C)cc(-c3ccc(Cl)cc3)c12. The predicted molar refractivity (Wildman–Crippen MR) is 119 cm³/mol. The molecule has 1 aliphatic heterocycles. The zero-order chi connectivity index (χ0) is 20.5. The van der Waals surface area contributed by atoms with Crippen LogP contribution in [0, 0.1) is 6.92 Å². The number of pyridine rings is 1. The van der Waals surface area contributed by atoms with Gasteiger partial charge in [0, 0.05) is 36.1 Å². The molecule has 1 aliphatic rings. The molecule has 3 aromatic rings. The lowest BCUT2D eigenvalue weighted by atomic mass is 10.0. The van der Waals surface area contributed by atoms with Gasteiger partial charge in [0.1, 0.15) is 9.71 Å². The van der Waals surface area contributed by atoms with Crippen molar-refractivity contribution >= 4 is 50.7 Å². The Kier molecular flexibility index (Phi) is 5.56. The van der Waals surface area contributed by atoms with Gasteiger partial charge in [0.05, 0.1) is 5.69 Å². The smallest absolute Gasteiger partial charge is 0.266 e. The first-order chi connectivity index (χ1) is 13.9. The molecule has 0 bridgehead atoms. The van der Waals surface area contributed by atoms with Crippen LogP contribution < -0.4 is 5.32 Å². The van der Waals surface area contributed by atoms with Crippen LogP contribution in [0.15, 0.2) is 30.3 Å². The van der Waals surface area contributed by atoms with Gasteiger partial charge in [0.2, 0.25) is 5.91 Å². The Balaban J connectivity index is 1.93. The van der Waals surface area contributed by atoms with E-state index in [1.165, 1.54) is 18.3 Å². The summed E-state index contributed by atoms with van der Waals surface area (Å²) in [7, 11) is 0. The van der Waals surface area contributed by atoms with Crippen molar-refractivity contribution in [1.29, 1.82) is 0 Å². The molecule has 4 rings (SSSR count). The molecule has 5 nitrogen and oxygen atoms in total. The van der Waals surface area contributed by atoms with Crippen LogP contribution in [-0.4, -0.2) is 34.8 Å². The van der Waals surface area contributed by atoms with E-state index < -0.39 is 0 Å². The van der Waals surface area contributed by atoms with Gasteiger partial charge in [-0.25, -0.2) is 4.98 Å². The topological polar surface area (TPSA) is 62.3 Å². The Bertz CT molecular complexity index is 1090. The van der Waals surface area contributed by atoms with Crippen molar-refractivity contribution in [3.8, 4) is 11.1 Å². The summed E-state index contributed by atoms with van der Waals surface area (Å²) in [5.74, 6) is -0.240. The van der Waals surface area contributed by atoms with Crippen molar-refractivity contribution in [1.82, 2.24) is 9.88 Å². The highest BCUT2D eigenvalue weighted by Gasteiger charge is 2.27. The van der Waals surface area contributed by atoms with Crippen molar-refractivity contribution in [2.24, 2.45) is 0 Å². The van der Waals surface area contributed by atoms with E-state index >= 15 is 0 Å². The van der Waals surface area contributed by atoms with E-state index in [2.05, 4.69) is 10.3 Å². The van der Waals surface area contributed by atoms with Gasteiger partial charge < -0.3 is 10.2 Å². The molecule has 7 heteroatoms. The second kappa shape index (κ2) is 8.13. The zero-order valence-corrected chi connectivity index (χ0v) is 18.0. The Morgan fingerprint density at radius 3 is 2.48 bits per heavy atom. The molecule has 1 aromatic carbocycles. The maximum absolute atomic E-state index is 13.3. The van der Waals surface area contributed by atoms with Crippen molar-refractivity contribution in [2.45, 2.75) is 33.1 Å². The van der Waals surface area contributed by atoms with Crippen LogP contribution in [0.4, 0.5) is 5.69 Å². The Hall–Kier alpha value is -2.44. The minimum Gasteiger partial charge on any atom is -0.338 e. The third-order valence-corrected chi connectivity index (χ3v) is 6.41. The van der Waals surface area contributed by atoms with Crippen molar-refractivity contribution < 1.29 is 9.59 Å². The van der Waals surface area contributed by atoms with E-state index in [1.807, 2.05) is 42.2 Å². The third-order valence-electron chi connectivity index (χ3n) is 5.08. The summed E-state index contributed by atoms with van der Waals surface area (Å²) in [5.41, 5.74) is 3.31. The second-order valence-corrected chi connectivity index (χ2v) is 8.77. The van der Waals surface area contributed by atoms with Crippen LogP contribution in [0.2, 0.25) is 5.02 Å². The average Bonchev–Trinajstić information content (AvgIpc) is 3.05. The monoisotopic (exact) mass is 427 g/mol. The number of nitrogens with one attached hydrogen (secondary N) is 1. The van der Waals surface area contributed by atoms with Crippen LogP contribution in [0.25, 0.3) is 21.3 Å². The lowest BCUT2D eigenvalue weighted by Gasteiger charge is -2.26. The molecular weight excluding hydrogens is 406 g/mol. The molecule has 29 heavy (non-hydrogen) atoms. The molecule has 0 saturated carbocycles. The fourth-order valence-electron chi connectivity index (χ4n) is 3.76. The molecule has 0 aliphatic carbocycles. The molecule has 1 saturated heterocycles. The van der Waals surface area contributed by atoms with Gasteiger partial charge in [-0.1, -0.05) is 23.7 Å². The van der Waals surface area contributed by atoms with Crippen LogP contribution >= 0.6 is 22.9 Å². The molecule has 0 radical (unpaired) electrons. The predicted octanol–water partition coefficient (Wildman–Crippen LogP) is 5.51. The molecular formula is C22H22ClN3O2S. The maximum Gasteiger partial charge on any atom is 0.266 e. The summed E-state index contributed by atoms with van der Waals surface area (Å²) in [4.78, 5) is 33.1. The number of thiophene rings is 1. The van der Waals surface area contributed by atoms with E-state index in [-0.39, 0.29) is 11.8 Å². The molecule has 2 amide bonds. The number of carbonyl (C=O) groups excluding carboxylic acids is 2. The standard InChI is InChI=1S/C22H22ClN3O2S/c1-13-12-17(15-6-8-16(23)9-7-15)18-19(25-14(2)27)20(29-21(18)24-13)22(28)26-10-4-3-5-11-26/h6-9,12H,3-5,10-11H2,1-2H3,(H,25,27). The molecule has 150 valence electrons. The van der Waals surface area contributed by atoms with Crippen LogP contribution in [-0.2, 0) is 4.79 Å². The van der Waals surface area contributed by atoms with Gasteiger partial charge in [-0.05, 0) is 55.5 Å². The Labute approximate surface area is 178 Å². The minimum atomic E-state index is -0.208.